The van der Waals surface area contributed by atoms with Crippen molar-refractivity contribution >= 4 is 61.2 Å². The summed E-state index contributed by atoms with van der Waals surface area (Å²) in [6.45, 7) is 8.10. The predicted molar refractivity (Wildman–Crippen MR) is 179 cm³/mol. The van der Waals surface area contributed by atoms with Crippen LogP contribution < -0.4 is 20.2 Å². The van der Waals surface area contributed by atoms with Crippen molar-refractivity contribution < 1.29 is 32.3 Å². The van der Waals surface area contributed by atoms with Gasteiger partial charge in [0.2, 0.25) is 0 Å². The number of ether oxygens (including phenoxy) is 1. The summed E-state index contributed by atoms with van der Waals surface area (Å²) in [5, 5.41) is 7.42. The molecule has 3 heterocycles. The highest BCUT2D eigenvalue weighted by Gasteiger charge is 2.32. The van der Waals surface area contributed by atoms with Gasteiger partial charge in [0, 0.05) is 42.0 Å². The second-order valence-corrected chi connectivity index (χ2v) is 15.6. The number of rotatable bonds is 10. The van der Waals surface area contributed by atoms with Gasteiger partial charge in [-0.15, -0.1) is 0 Å². The Balaban J connectivity index is 1.46. The summed E-state index contributed by atoms with van der Waals surface area (Å²) in [5.74, 6) is 0.766. The number of nitrogens with one attached hydrogen (secondary N) is 3. The van der Waals surface area contributed by atoms with Crippen LogP contribution in [0.5, 0.6) is 0 Å². The number of hydrogen-bond acceptors (Lipinski definition) is 9. The van der Waals surface area contributed by atoms with Crippen LogP contribution in [0.15, 0.2) is 36.7 Å². The summed E-state index contributed by atoms with van der Waals surface area (Å²) in [7, 11) is -1.78. The standard InChI is InChI=1S/C32H40ClN7O6S/c1-19-14-23-27(16-22(19)30(41)39-12-7-8-21(39)17-34-31(42)46-32(2,3)4)40(45-5)18-35-28(23)37-25(11-13-47(6,43)44)29-36-24-10-9-20(33)15-26(24)38-29/h9-10,14-16,18,21,25H,7-8,11-13,17H2,1-6H3,(H2,34,36,38,42)/p+1. The molecule has 2 unspecified atom stereocenters. The van der Waals surface area contributed by atoms with Gasteiger partial charge in [0.1, 0.15) is 28.4 Å². The normalized spacial score (nSPS) is 16.0. The van der Waals surface area contributed by atoms with Gasteiger partial charge in [-0.25, -0.2) is 18.2 Å². The maximum Gasteiger partial charge on any atom is 0.407 e. The van der Waals surface area contributed by atoms with E-state index in [-0.39, 0.29) is 30.7 Å². The Bertz CT molecular complexity index is 1920. The number of carbonyl (C=O) groups excluding carboxylic acids is 2. The summed E-state index contributed by atoms with van der Waals surface area (Å²) < 4.78 is 31.2. The molecule has 3 N–H and O–H groups in total. The third kappa shape index (κ3) is 8.22. The molecule has 1 aliphatic rings. The lowest BCUT2D eigenvalue weighted by molar-refractivity contribution is -0.867. The highest BCUT2D eigenvalue weighted by atomic mass is 35.5. The Kier molecular flexibility index (Phi) is 9.83. The van der Waals surface area contributed by atoms with Crippen LogP contribution in [0.25, 0.3) is 21.9 Å². The molecule has 15 heteroatoms. The number of anilines is 1. The number of sulfone groups is 1. The monoisotopic (exact) mass is 686 g/mol. The molecule has 2 aromatic heterocycles. The molecule has 2 aromatic carbocycles. The van der Waals surface area contributed by atoms with E-state index in [1.807, 2.05) is 13.0 Å². The van der Waals surface area contributed by atoms with E-state index in [1.165, 1.54) is 24.4 Å². The lowest BCUT2D eigenvalue weighted by atomic mass is 10.0. The molecule has 2 atom stereocenters. The first-order valence-electron chi connectivity index (χ1n) is 15.4. The van der Waals surface area contributed by atoms with E-state index >= 15 is 0 Å². The molecule has 1 saturated heterocycles. The second kappa shape index (κ2) is 13.5. The van der Waals surface area contributed by atoms with Gasteiger partial charge < -0.3 is 30.1 Å². The quantitative estimate of drug-likeness (QED) is 0.209. The molecule has 0 bridgehead atoms. The number of H-pyrrole nitrogens is 1. The SMILES string of the molecule is CO[n+]1cnc(NC(CCS(C)(=O)=O)c2nc3ccc(Cl)cc3[nH]2)c2cc(C)c(C(=O)N3CCCC3CNC(=O)OC(C)(C)C)cc21. The predicted octanol–water partition coefficient (Wildman–Crippen LogP) is 4.14. The van der Waals surface area contributed by atoms with Gasteiger partial charge in [-0.1, -0.05) is 11.6 Å². The lowest BCUT2D eigenvalue weighted by Crippen LogP contribution is -2.45. The first-order chi connectivity index (χ1) is 22.1. The molecule has 47 heavy (non-hydrogen) atoms. The fourth-order valence-electron chi connectivity index (χ4n) is 5.73. The van der Waals surface area contributed by atoms with Crippen LogP contribution in [0.3, 0.4) is 0 Å². The molecule has 4 aromatic rings. The summed E-state index contributed by atoms with van der Waals surface area (Å²) in [6.07, 6.45) is 3.96. The average Bonchev–Trinajstić information content (AvgIpc) is 3.63. The molecule has 2 amide bonds. The number of imidazole rings is 1. The largest absolute Gasteiger partial charge is 0.444 e. The van der Waals surface area contributed by atoms with Crippen molar-refractivity contribution in [3.8, 4) is 0 Å². The zero-order valence-electron chi connectivity index (χ0n) is 27.4. The van der Waals surface area contributed by atoms with Gasteiger partial charge in [0.15, 0.2) is 5.52 Å². The molecular formula is C32H41ClN7O6S+. The van der Waals surface area contributed by atoms with E-state index in [0.717, 1.165) is 23.9 Å². The van der Waals surface area contributed by atoms with Crippen LogP contribution in [0.1, 0.15) is 67.8 Å². The topological polar surface area (TPSA) is 159 Å². The Morgan fingerprint density at radius 1 is 1.23 bits per heavy atom. The number of aromatic amines is 1. The Hall–Kier alpha value is -4.17. The summed E-state index contributed by atoms with van der Waals surface area (Å²) in [6, 6.07) is 8.21. The number of fused-ring (bicyclic) bond motifs is 2. The number of halogens is 1. The molecule has 0 spiro atoms. The van der Waals surface area contributed by atoms with Crippen LogP contribution in [-0.2, 0) is 14.6 Å². The molecule has 5 rings (SSSR count). The van der Waals surface area contributed by atoms with Gasteiger partial charge in [0.25, 0.3) is 11.7 Å². The van der Waals surface area contributed by atoms with E-state index in [2.05, 4.69) is 20.6 Å². The van der Waals surface area contributed by atoms with Crippen molar-refractivity contribution in [2.75, 3.05) is 37.5 Å². The number of hydrogen-bond donors (Lipinski definition) is 3. The third-order valence-corrected chi connectivity index (χ3v) is 9.17. The zero-order valence-corrected chi connectivity index (χ0v) is 29.0. The maximum atomic E-state index is 14.0. The van der Waals surface area contributed by atoms with E-state index in [1.54, 1.807) is 49.9 Å². The highest BCUT2D eigenvalue weighted by Crippen LogP contribution is 2.30. The Morgan fingerprint density at radius 3 is 2.70 bits per heavy atom. The molecule has 13 nitrogen and oxygen atoms in total. The van der Waals surface area contributed by atoms with Crippen molar-refractivity contribution in [2.24, 2.45) is 0 Å². The van der Waals surface area contributed by atoms with Gasteiger partial charge in [-0.2, -0.15) is 0 Å². The fraction of sp³-hybridized carbons (Fsp3) is 0.469. The number of nitrogens with zero attached hydrogens (tertiary/aromatic N) is 4. The average molecular weight is 687 g/mol. The molecule has 1 aliphatic heterocycles. The number of alkyl carbamates (subject to hydrolysis) is 1. The molecule has 1 fully saturated rings. The third-order valence-electron chi connectivity index (χ3n) is 7.95. The molecular weight excluding hydrogens is 646 g/mol. The molecule has 0 radical (unpaired) electrons. The number of amides is 2. The lowest BCUT2D eigenvalue weighted by Gasteiger charge is -2.26. The van der Waals surface area contributed by atoms with Crippen molar-refractivity contribution in [3.05, 3.63) is 58.6 Å². The minimum Gasteiger partial charge on any atom is -0.444 e. The van der Waals surface area contributed by atoms with E-state index in [4.69, 9.17) is 26.2 Å². The van der Waals surface area contributed by atoms with Gasteiger partial charge in [-0.3, -0.25) is 4.79 Å². The van der Waals surface area contributed by atoms with Gasteiger partial charge in [-0.05, 0) is 86.5 Å². The van der Waals surface area contributed by atoms with E-state index < -0.39 is 27.6 Å². The first kappa shape index (κ1) is 34.2. The Labute approximate surface area is 278 Å². The summed E-state index contributed by atoms with van der Waals surface area (Å²) in [5.41, 5.74) is 2.59. The minimum atomic E-state index is -3.28. The zero-order chi connectivity index (χ0) is 34.1. The molecule has 0 saturated carbocycles. The van der Waals surface area contributed by atoms with Crippen molar-refractivity contribution in [1.29, 1.82) is 0 Å². The number of likely N-dealkylation sites (tertiary alicyclic amines) is 1. The fourth-order valence-corrected chi connectivity index (χ4v) is 6.56. The van der Waals surface area contributed by atoms with Crippen molar-refractivity contribution in [1.82, 2.24) is 25.2 Å². The Morgan fingerprint density at radius 2 is 2.00 bits per heavy atom. The first-order valence-corrected chi connectivity index (χ1v) is 17.8. The van der Waals surface area contributed by atoms with Crippen LogP contribution in [0, 0.1) is 6.92 Å². The highest BCUT2D eigenvalue weighted by molar-refractivity contribution is 7.90. The number of carbonyl (C=O) groups is 2. The van der Waals surface area contributed by atoms with Gasteiger partial charge in [0.05, 0.1) is 28.2 Å². The van der Waals surface area contributed by atoms with Crippen LogP contribution in [0.4, 0.5) is 10.6 Å². The number of aromatic nitrogens is 4. The summed E-state index contributed by atoms with van der Waals surface area (Å²) in [4.78, 5) is 46.2. The van der Waals surface area contributed by atoms with Crippen LogP contribution >= 0.6 is 11.6 Å². The minimum absolute atomic E-state index is 0.0806. The maximum absolute atomic E-state index is 14.0. The second-order valence-electron chi connectivity index (χ2n) is 12.9. The van der Waals surface area contributed by atoms with Crippen LogP contribution in [0.2, 0.25) is 5.02 Å². The van der Waals surface area contributed by atoms with Crippen molar-refractivity contribution in [2.45, 2.75) is 64.6 Å². The van der Waals surface area contributed by atoms with E-state index in [9.17, 15) is 18.0 Å². The molecule has 0 aliphatic carbocycles. The smallest absolute Gasteiger partial charge is 0.407 e. The molecule has 252 valence electrons. The van der Waals surface area contributed by atoms with Crippen LogP contribution in [-0.4, -0.2) is 84.1 Å². The van der Waals surface area contributed by atoms with E-state index in [0.29, 0.717) is 45.2 Å². The number of aryl methyl sites for hydroxylation is 1. The number of benzene rings is 2. The summed E-state index contributed by atoms with van der Waals surface area (Å²) >= 11 is 6.18. The van der Waals surface area contributed by atoms with Gasteiger partial charge >= 0.3 is 12.4 Å². The van der Waals surface area contributed by atoms with Crippen molar-refractivity contribution in [3.63, 3.8) is 0 Å².